The van der Waals surface area contributed by atoms with Crippen molar-refractivity contribution in [3.05, 3.63) is 57.4 Å². The Morgan fingerprint density at radius 3 is 2.23 bits per heavy atom. The molecule has 3 aromatic rings. The third-order valence-electron chi connectivity index (χ3n) is 3.40. The van der Waals surface area contributed by atoms with Gasteiger partial charge in [0.05, 0.1) is 14.2 Å². The van der Waals surface area contributed by atoms with Gasteiger partial charge in [0.1, 0.15) is 5.58 Å². The second-order valence-electron chi connectivity index (χ2n) is 4.69. The molecule has 0 saturated heterocycles. The van der Waals surface area contributed by atoms with Crippen LogP contribution in [0.3, 0.4) is 0 Å². The number of methoxy groups -OCH3 is 2. The van der Waals surface area contributed by atoms with Gasteiger partial charge in [-0.25, -0.2) is 4.79 Å². The average molecular weight is 361 g/mol. The van der Waals surface area contributed by atoms with Crippen molar-refractivity contribution in [2.24, 2.45) is 0 Å². The minimum absolute atomic E-state index is 0.405. The summed E-state index contributed by atoms with van der Waals surface area (Å²) in [4.78, 5) is 11.9. The van der Waals surface area contributed by atoms with Crippen LogP contribution in [-0.4, -0.2) is 14.2 Å². The van der Waals surface area contributed by atoms with E-state index in [0.717, 1.165) is 21.0 Å². The van der Waals surface area contributed by atoms with Crippen LogP contribution in [0, 0.1) is 0 Å². The summed E-state index contributed by atoms with van der Waals surface area (Å²) in [7, 11) is 3.11. The molecular formula is C17H13BrO4. The molecule has 5 heteroatoms. The van der Waals surface area contributed by atoms with Gasteiger partial charge in [0.15, 0.2) is 11.5 Å². The highest BCUT2D eigenvalue weighted by Crippen LogP contribution is 2.36. The fraction of sp³-hybridized carbons (Fsp3) is 0.118. The molecule has 0 bridgehead atoms. The molecule has 0 aliphatic rings. The number of hydrogen-bond donors (Lipinski definition) is 0. The zero-order chi connectivity index (χ0) is 15.7. The summed E-state index contributed by atoms with van der Waals surface area (Å²) in [6.07, 6.45) is 0. The van der Waals surface area contributed by atoms with Gasteiger partial charge in [-0.2, -0.15) is 0 Å². The molecule has 0 unspecified atom stereocenters. The van der Waals surface area contributed by atoms with E-state index in [0.29, 0.717) is 17.1 Å². The van der Waals surface area contributed by atoms with Crippen LogP contribution in [0.15, 0.2) is 56.1 Å². The Balaban J connectivity index is 2.33. The molecule has 112 valence electrons. The van der Waals surface area contributed by atoms with Crippen molar-refractivity contribution in [3.63, 3.8) is 0 Å². The van der Waals surface area contributed by atoms with Crippen molar-refractivity contribution in [1.82, 2.24) is 0 Å². The molecule has 0 saturated carbocycles. The highest BCUT2D eigenvalue weighted by atomic mass is 79.9. The first-order valence-corrected chi connectivity index (χ1v) is 7.37. The lowest BCUT2D eigenvalue weighted by Crippen LogP contribution is -1.99. The van der Waals surface area contributed by atoms with Crippen LogP contribution >= 0.6 is 15.9 Å². The molecule has 0 spiro atoms. The first kappa shape index (κ1) is 14.7. The van der Waals surface area contributed by atoms with Gasteiger partial charge >= 0.3 is 5.63 Å². The van der Waals surface area contributed by atoms with Gasteiger partial charge in [0.25, 0.3) is 0 Å². The normalized spacial score (nSPS) is 10.7. The van der Waals surface area contributed by atoms with Gasteiger partial charge in [0, 0.05) is 22.0 Å². The van der Waals surface area contributed by atoms with Crippen LogP contribution < -0.4 is 15.1 Å². The Kier molecular flexibility index (Phi) is 3.90. The topological polar surface area (TPSA) is 48.7 Å². The second kappa shape index (κ2) is 5.85. The Morgan fingerprint density at radius 1 is 0.955 bits per heavy atom. The smallest absolute Gasteiger partial charge is 0.336 e. The summed E-state index contributed by atoms with van der Waals surface area (Å²) in [5, 5.41) is 0.791. The van der Waals surface area contributed by atoms with Crippen molar-refractivity contribution in [2.75, 3.05) is 14.2 Å². The maximum absolute atomic E-state index is 11.9. The quantitative estimate of drug-likeness (QED) is 0.655. The number of hydrogen-bond acceptors (Lipinski definition) is 4. The zero-order valence-corrected chi connectivity index (χ0v) is 13.6. The maximum atomic E-state index is 11.9. The minimum atomic E-state index is -0.405. The third kappa shape index (κ3) is 2.60. The van der Waals surface area contributed by atoms with E-state index >= 15 is 0 Å². The molecule has 2 aromatic carbocycles. The molecule has 1 heterocycles. The average Bonchev–Trinajstić information content (AvgIpc) is 2.53. The van der Waals surface area contributed by atoms with Crippen LogP contribution in [0.2, 0.25) is 0 Å². The van der Waals surface area contributed by atoms with Crippen LogP contribution in [-0.2, 0) is 0 Å². The molecule has 3 rings (SSSR count). The lowest BCUT2D eigenvalue weighted by molar-refractivity contribution is 0.355. The van der Waals surface area contributed by atoms with E-state index in [-0.39, 0.29) is 0 Å². The Hall–Kier alpha value is -2.27. The van der Waals surface area contributed by atoms with Gasteiger partial charge in [-0.1, -0.05) is 28.1 Å². The van der Waals surface area contributed by atoms with Gasteiger partial charge in [-0.3, -0.25) is 0 Å². The van der Waals surface area contributed by atoms with E-state index in [1.165, 1.54) is 6.07 Å². The molecule has 0 amide bonds. The van der Waals surface area contributed by atoms with Crippen LogP contribution in [0.4, 0.5) is 0 Å². The number of rotatable bonds is 3. The van der Waals surface area contributed by atoms with Gasteiger partial charge in [-0.05, 0) is 29.3 Å². The van der Waals surface area contributed by atoms with Crippen LogP contribution in [0.1, 0.15) is 0 Å². The molecule has 0 fully saturated rings. The molecule has 0 radical (unpaired) electrons. The van der Waals surface area contributed by atoms with E-state index in [4.69, 9.17) is 13.9 Å². The Labute approximate surface area is 135 Å². The van der Waals surface area contributed by atoms with E-state index in [1.807, 2.05) is 30.3 Å². The van der Waals surface area contributed by atoms with Gasteiger partial charge in [-0.15, -0.1) is 0 Å². The van der Waals surface area contributed by atoms with Crippen molar-refractivity contribution in [1.29, 1.82) is 0 Å². The fourth-order valence-corrected chi connectivity index (χ4v) is 2.62. The van der Waals surface area contributed by atoms with E-state index in [9.17, 15) is 4.79 Å². The van der Waals surface area contributed by atoms with E-state index < -0.39 is 5.63 Å². The summed E-state index contributed by atoms with van der Waals surface area (Å²) in [6, 6.07) is 12.7. The molecule has 4 nitrogen and oxygen atoms in total. The molecule has 0 aliphatic heterocycles. The molecule has 0 atom stereocenters. The van der Waals surface area contributed by atoms with Crippen LogP contribution in [0.25, 0.3) is 22.1 Å². The molecule has 22 heavy (non-hydrogen) atoms. The standard InChI is InChI=1S/C17H13BrO4/c1-20-15-7-13-12(10-3-5-11(18)6-4-10)8-17(19)22-14(13)9-16(15)21-2/h3-9H,1-2H3. The van der Waals surface area contributed by atoms with Crippen molar-refractivity contribution >= 4 is 26.9 Å². The largest absolute Gasteiger partial charge is 0.493 e. The first-order chi connectivity index (χ1) is 10.6. The SMILES string of the molecule is COc1cc2oc(=O)cc(-c3ccc(Br)cc3)c2cc1OC. The minimum Gasteiger partial charge on any atom is -0.493 e. The van der Waals surface area contributed by atoms with Crippen molar-refractivity contribution in [3.8, 4) is 22.6 Å². The van der Waals surface area contributed by atoms with Crippen molar-refractivity contribution in [2.45, 2.75) is 0 Å². The molecule has 0 aliphatic carbocycles. The monoisotopic (exact) mass is 360 g/mol. The summed E-state index contributed by atoms with van der Waals surface area (Å²) in [5.74, 6) is 1.10. The highest BCUT2D eigenvalue weighted by Gasteiger charge is 2.13. The first-order valence-electron chi connectivity index (χ1n) is 6.58. The molecule has 1 aromatic heterocycles. The van der Waals surface area contributed by atoms with E-state index in [2.05, 4.69) is 15.9 Å². The van der Waals surface area contributed by atoms with Gasteiger partial charge < -0.3 is 13.9 Å². The third-order valence-corrected chi connectivity index (χ3v) is 3.93. The molecule has 0 N–H and O–H groups in total. The molecular weight excluding hydrogens is 348 g/mol. The Bertz CT molecular complexity index is 882. The summed E-state index contributed by atoms with van der Waals surface area (Å²) >= 11 is 3.41. The number of benzene rings is 2. The summed E-state index contributed by atoms with van der Waals surface area (Å²) < 4.78 is 16.8. The second-order valence-corrected chi connectivity index (χ2v) is 5.61. The number of halogens is 1. The lowest BCUT2D eigenvalue weighted by Gasteiger charge is -2.11. The summed E-state index contributed by atoms with van der Waals surface area (Å²) in [6.45, 7) is 0. The van der Waals surface area contributed by atoms with Gasteiger partial charge in [0.2, 0.25) is 0 Å². The van der Waals surface area contributed by atoms with Crippen LogP contribution in [0.5, 0.6) is 11.5 Å². The number of ether oxygens (including phenoxy) is 2. The predicted octanol–water partition coefficient (Wildman–Crippen LogP) is 4.24. The predicted molar refractivity (Wildman–Crippen MR) is 88.7 cm³/mol. The van der Waals surface area contributed by atoms with Crippen molar-refractivity contribution < 1.29 is 13.9 Å². The Morgan fingerprint density at radius 2 is 1.59 bits per heavy atom. The lowest BCUT2D eigenvalue weighted by atomic mass is 10.0. The van der Waals surface area contributed by atoms with E-state index in [1.54, 1.807) is 20.3 Å². The fourth-order valence-electron chi connectivity index (χ4n) is 2.36. The highest BCUT2D eigenvalue weighted by molar-refractivity contribution is 9.10. The summed E-state index contributed by atoms with van der Waals surface area (Å²) in [5.41, 5.74) is 1.77. The zero-order valence-electron chi connectivity index (χ0n) is 12.1. The maximum Gasteiger partial charge on any atom is 0.336 e. The number of fused-ring (bicyclic) bond motifs is 1.